The third kappa shape index (κ3) is 6.40. The molecule has 2 aromatic carbocycles. The lowest BCUT2D eigenvalue weighted by molar-refractivity contribution is -0.145. The van der Waals surface area contributed by atoms with Gasteiger partial charge in [-0.3, -0.25) is 14.5 Å². The Balaban J connectivity index is 1.59. The molecule has 4 rings (SSSR count). The van der Waals surface area contributed by atoms with Crippen molar-refractivity contribution in [3.8, 4) is 5.75 Å². The molecule has 1 fully saturated rings. The average Bonchev–Trinajstić information content (AvgIpc) is 3.41. The number of aliphatic carboxylic acids is 2. The number of rotatable bonds is 11. The normalized spacial score (nSPS) is 18.5. The summed E-state index contributed by atoms with van der Waals surface area (Å²) >= 11 is 0. The van der Waals surface area contributed by atoms with E-state index in [1.165, 1.54) is 0 Å². The summed E-state index contributed by atoms with van der Waals surface area (Å²) in [5, 5.41) is 21.6. The number of amides is 1. The zero-order valence-corrected chi connectivity index (χ0v) is 22.4. The lowest BCUT2D eigenvalue weighted by atomic mass is 9.91. The number of carboxylic acids is 2. The predicted octanol–water partition coefficient (Wildman–Crippen LogP) is 3.88. The molecule has 4 N–H and O–H groups in total. The predicted molar refractivity (Wildman–Crippen MR) is 145 cm³/mol. The van der Waals surface area contributed by atoms with E-state index in [0.717, 1.165) is 52.7 Å². The Morgan fingerprint density at radius 2 is 1.92 bits per heavy atom. The maximum atomic E-state index is 12.7. The van der Waals surface area contributed by atoms with Crippen molar-refractivity contribution in [2.75, 3.05) is 20.3 Å². The van der Waals surface area contributed by atoms with Crippen LogP contribution in [0.3, 0.4) is 0 Å². The number of aromatic nitrogens is 1. The SMILES string of the molecule is CCO[C@H]1CCN(Cc2c(OC)cc(C)c3[nH]ccc23)[C@H](c2ccc(C(=O)N[C@@H](CC(=O)O)C(=O)O)cc2)C1. The van der Waals surface area contributed by atoms with E-state index >= 15 is 0 Å². The van der Waals surface area contributed by atoms with Crippen LogP contribution in [-0.4, -0.2) is 70.3 Å². The second-order valence-corrected chi connectivity index (χ2v) is 9.81. The number of piperidine rings is 1. The highest BCUT2D eigenvalue weighted by Crippen LogP contribution is 2.38. The number of hydrogen-bond donors (Lipinski definition) is 4. The maximum Gasteiger partial charge on any atom is 0.326 e. The number of H-pyrrole nitrogens is 1. The molecule has 0 radical (unpaired) electrons. The number of ether oxygens (including phenoxy) is 2. The molecule has 0 saturated carbocycles. The second-order valence-electron chi connectivity index (χ2n) is 9.81. The van der Waals surface area contributed by atoms with Crippen LogP contribution in [0.15, 0.2) is 42.6 Å². The van der Waals surface area contributed by atoms with Crippen LogP contribution < -0.4 is 10.1 Å². The summed E-state index contributed by atoms with van der Waals surface area (Å²) in [7, 11) is 1.69. The van der Waals surface area contributed by atoms with E-state index in [9.17, 15) is 19.5 Å². The van der Waals surface area contributed by atoms with Crippen molar-refractivity contribution in [1.82, 2.24) is 15.2 Å². The van der Waals surface area contributed by atoms with E-state index in [1.807, 2.05) is 25.3 Å². The molecule has 0 spiro atoms. The zero-order chi connectivity index (χ0) is 28.1. The number of aromatic amines is 1. The number of likely N-dealkylation sites (tertiary alicyclic amines) is 1. The minimum Gasteiger partial charge on any atom is -0.496 e. The van der Waals surface area contributed by atoms with Crippen LogP contribution in [0.1, 0.15) is 59.3 Å². The van der Waals surface area contributed by atoms with Crippen molar-refractivity contribution in [2.45, 2.75) is 57.8 Å². The first-order valence-corrected chi connectivity index (χ1v) is 13.1. The smallest absolute Gasteiger partial charge is 0.326 e. The Bertz CT molecular complexity index is 1330. The van der Waals surface area contributed by atoms with Crippen molar-refractivity contribution in [3.63, 3.8) is 0 Å². The topological polar surface area (TPSA) is 141 Å². The minimum atomic E-state index is -1.51. The highest BCUT2D eigenvalue weighted by atomic mass is 16.5. The largest absolute Gasteiger partial charge is 0.496 e. The Morgan fingerprint density at radius 1 is 1.18 bits per heavy atom. The maximum absolute atomic E-state index is 12.7. The molecular formula is C29H35N3O7. The molecule has 10 heteroatoms. The standard InChI is InChI=1S/C29H35N3O7/c1-4-39-20-10-12-32(16-22-21-9-11-30-27(21)17(2)13-25(22)38-3)24(14-20)18-5-7-19(8-6-18)28(35)31-23(29(36)37)15-26(33)34/h5-9,11,13,20,23-24,30H,4,10,12,14-16H2,1-3H3,(H,31,35)(H,33,34)(H,36,37)/t20-,23-,24-/m0/s1. The van der Waals surface area contributed by atoms with E-state index < -0.39 is 30.3 Å². The van der Waals surface area contributed by atoms with Gasteiger partial charge < -0.3 is 30.0 Å². The van der Waals surface area contributed by atoms with Crippen molar-refractivity contribution in [1.29, 1.82) is 0 Å². The summed E-state index contributed by atoms with van der Waals surface area (Å²) in [6, 6.07) is 9.66. The fraction of sp³-hybridized carbons (Fsp3) is 0.414. The molecule has 1 amide bonds. The average molecular weight is 538 g/mol. The van der Waals surface area contributed by atoms with Crippen LogP contribution in [0.5, 0.6) is 5.75 Å². The van der Waals surface area contributed by atoms with Crippen LogP contribution in [-0.2, 0) is 20.9 Å². The van der Waals surface area contributed by atoms with E-state index in [0.29, 0.717) is 13.2 Å². The Labute approximate surface area is 226 Å². The number of nitrogens with zero attached hydrogens (tertiary/aromatic N) is 1. The first-order valence-electron chi connectivity index (χ1n) is 13.1. The Kier molecular flexibility index (Phi) is 8.88. The first kappa shape index (κ1) is 28.1. The number of carboxylic acid groups (broad SMARTS) is 2. The van der Waals surface area contributed by atoms with Gasteiger partial charge in [0.25, 0.3) is 5.91 Å². The van der Waals surface area contributed by atoms with Gasteiger partial charge in [-0.2, -0.15) is 0 Å². The lowest BCUT2D eigenvalue weighted by Crippen LogP contribution is -2.42. The minimum absolute atomic E-state index is 0.0196. The summed E-state index contributed by atoms with van der Waals surface area (Å²) in [5.41, 5.74) is 4.57. The van der Waals surface area contributed by atoms with Crippen molar-refractivity contribution in [2.24, 2.45) is 0 Å². The van der Waals surface area contributed by atoms with Gasteiger partial charge in [0, 0.05) is 54.0 Å². The number of hydrogen-bond acceptors (Lipinski definition) is 6. The van der Waals surface area contributed by atoms with Gasteiger partial charge >= 0.3 is 11.9 Å². The molecule has 208 valence electrons. The number of nitrogens with one attached hydrogen (secondary N) is 2. The van der Waals surface area contributed by atoms with Crippen molar-refractivity contribution >= 4 is 28.7 Å². The van der Waals surface area contributed by atoms with Gasteiger partial charge in [-0.15, -0.1) is 0 Å². The fourth-order valence-corrected chi connectivity index (χ4v) is 5.36. The number of fused-ring (bicyclic) bond motifs is 1. The van der Waals surface area contributed by atoms with E-state index in [1.54, 1.807) is 19.2 Å². The van der Waals surface area contributed by atoms with Crippen LogP contribution in [0.4, 0.5) is 0 Å². The summed E-state index contributed by atoms with van der Waals surface area (Å²) in [6.07, 6.45) is 3.03. The highest BCUT2D eigenvalue weighted by molar-refractivity contribution is 5.97. The molecule has 1 aliphatic heterocycles. The van der Waals surface area contributed by atoms with Gasteiger partial charge in [-0.1, -0.05) is 12.1 Å². The summed E-state index contributed by atoms with van der Waals surface area (Å²) in [4.78, 5) is 40.7. The molecular weight excluding hydrogens is 502 g/mol. The van der Waals surface area contributed by atoms with Crippen LogP contribution in [0.2, 0.25) is 0 Å². The number of carbonyl (C=O) groups is 3. The lowest BCUT2D eigenvalue weighted by Gasteiger charge is -2.40. The van der Waals surface area contributed by atoms with Crippen LogP contribution in [0, 0.1) is 6.92 Å². The molecule has 1 aromatic heterocycles. The molecule has 39 heavy (non-hydrogen) atoms. The van der Waals surface area contributed by atoms with Gasteiger partial charge in [0.05, 0.1) is 19.6 Å². The van der Waals surface area contributed by atoms with Crippen LogP contribution >= 0.6 is 0 Å². The molecule has 0 unspecified atom stereocenters. The molecule has 10 nitrogen and oxygen atoms in total. The Morgan fingerprint density at radius 3 is 2.56 bits per heavy atom. The third-order valence-electron chi connectivity index (χ3n) is 7.30. The number of methoxy groups -OCH3 is 1. The number of aryl methyl sites for hydroxylation is 1. The number of benzene rings is 2. The Hall–Kier alpha value is -3.89. The first-order chi connectivity index (χ1) is 18.7. The summed E-state index contributed by atoms with van der Waals surface area (Å²) in [6.45, 7) is 6.16. The quantitative estimate of drug-likeness (QED) is 0.289. The monoisotopic (exact) mass is 537 g/mol. The third-order valence-corrected chi connectivity index (χ3v) is 7.30. The molecule has 3 aromatic rings. The van der Waals surface area contributed by atoms with Gasteiger partial charge in [0.1, 0.15) is 11.8 Å². The summed E-state index contributed by atoms with van der Waals surface area (Å²) < 4.78 is 11.8. The van der Waals surface area contributed by atoms with Crippen LogP contribution in [0.25, 0.3) is 10.9 Å². The molecule has 1 saturated heterocycles. The van der Waals surface area contributed by atoms with Gasteiger partial charge in [0.15, 0.2) is 0 Å². The van der Waals surface area contributed by atoms with Gasteiger partial charge in [-0.05, 0) is 62.1 Å². The molecule has 3 atom stereocenters. The van der Waals surface area contributed by atoms with Crippen molar-refractivity contribution < 1.29 is 34.1 Å². The van der Waals surface area contributed by atoms with Crippen molar-refractivity contribution in [3.05, 3.63) is 64.8 Å². The molecule has 0 aliphatic carbocycles. The van der Waals surface area contributed by atoms with E-state index in [2.05, 4.69) is 34.3 Å². The zero-order valence-electron chi connectivity index (χ0n) is 22.4. The van der Waals surface area contributed by atoms with E-state index in [4.69, 9.17) is 14.6 Å². The molecule has 0 bridgehead atoms. The highest BCUT2D eigenvalue weighted by Gasteiger charge is 2.31. The van der Waals surface area contributed by atoms with E-state index in [-0.39, 0.29) is 17.7 Å². The molecule has 2 heterocycles. The van der Waals surface area contributed by atoms with Gasteiger partial charge in [0.2, 0.25) is 0 Å². The second kappa shape index (κ2) is 12.3. The summed E-state index contributed by atoms with van der Waals surface area (Å²) in [5.74, 6) is -2.50. The molecule has 1 aliphatic rings. The van der Waals surface area contributed by atoms with Gasteiger partial charge in [-0.25, -0.2) is 4.79 Å². The fourth-order valence-electron chi connectivity index (χ4n) is 5.36. The number of carbonyl (C=O) groups excluding carboxylic acids is 1.